The van der Waals surface area contributed by atoms with Crippen LogP contribution in [-0.2, 0) is 14.8 Å². The highest BCUT2D eigenvalue weighted by Crippen LogP contribution is 2.38. The van der Waals surface area contributed by atoms with E-state index in [0.717, 1.165) is 47.7 Å². The second-order valence-electron chi connectivity index (χ2n) is 9.00. The monoisotopic (exact) mass is 462 g/mol. The number of nitrogens with zero attached hydrogens (tertiary/aromatic N) is 2. The van der Waals surface area contributed by atoms with E-state index >= 15 is 0 Å². The van der Waals surface area contributed by atoms with E-state index < -0.39 is 21.9 Å². The van der Waals surface area contributed by atoms with Gasteiger partial charge in [-0.1, -0.05) is 43.2 Å². The molecule has 1 unspecified atom stereocenters. The third-order valence-corrected chi connectivity index (χ3v) is 8.54. The summed E-state index contributed by atoms with van der Waals surface area (Å²) in [7, 11) is -3.96. The summed E-state index contributed by atoms with van der Waals surface area (Å²) >= 11 is 0. The number of carboxylic acids is 1. The molecule has 1 aliphatic rings. The lowest BCUT2D eigenvalue weighted by molar-refractivity contribution is -0.140. The summed E-state index contributed by atoms with van der Waals surface area (Å²) in [6.07, 6.45) is 3.87. The molecule has 6 nitrogen and oxygen atoms in total. The number of carboxylic acid groups (broad SMARTS) is 1. The van der Waals surface area contributed by atoms with Crippen LogP contribution in [0.5, 0.6) is 0 Å². The number of carbonyl (C=O) groups is 1. The molecule has 1 N–H and O–H groups in total. The summed E-state index contributed by atoms with van der Waals surface area (Å²) in [5.41, 5.74) is 3.36. The van der Waals surface area contributed by atoms with Gasteiger partial charge in [-0.2, -0.15) is 0 Å². The van der Waals surface area contributed by atoms with Gasteiger partial charge in [-0.3, -0.25) is 4.79 Å². The second kappa shape index (κ2) is 7.99. The van der Waals surface area contributed by atoms with Crippen LogP contribution in [-0.4, -0.2) is 28.5 Å². The summed E-state index contributed by atoms with van der Waals surface area (Å²) in [5.74, 6) is -1.36. The molecule has 1 saturated carbocycles. The maximum Gasteiger partial charge on any atom is 0.311 e. The van der Waals surface area contributed by atoms with Crippen molar-refractivity contribution in [2.45, 2.75) is 50.3 Å². The third kappa shape index (κ3) is 3.51. The number of rotatable bonds is 5. The molecular weight excluding hydrogens is 436 g/mol. The molecule has 2 heterocycles. The van der Waals surface area contributed by atoms with E-state index in [2.05, 4.69) is 4.98 Å². The first-order chi connectivity index (χ1) is 15.8. The molecule has 4 aromatic rings. The summed E-state index contributed by atoms with van der Waals surface area (Å²) in [4.78, 5) is 16.7. The highest BCUT2D eigenvalue weighted by molar-refractivity contribution is 7.90. The summed E-state index contributed by atoms with van der Waals surface area (Å²) in [6, 6.07) is 15.7. The molecule has 0 bridgehead atoms. The van der Waals surface area contributed by atoms with E-state index in [-0.39, 0.29) is 10.8 Å². The zero-order chi connectivity index (χ0) is 23.3. The van der Waals surface area contributed by atoms with Crippen molar-refractivity contribution in [3.8, 4) is 0 Å². The molecule has 2 aromatic heterocycles. The Hall–Kier alpha value is -3.19. The number of hydrogen-bond acceptors (Lipinski definition) is 4. The predicted molar refractivity (Wildman–Crippen MR) is 128 cm³/mol. The van der Waals surface area contributed by atoms with Crippen molar-refractivity contribution in [3.63, 3.8) is 0 Å². The standard InChI is InChI=1S/C26H26N2O4S/c1-16-15-17(2)27-25-23(16)21-9-5-6-10-22(21)28(25)33(31,32)20-13-11-19(12-14-20)24(26(29)30)18-7-3-4-8-18/h5-6,9-15,18,24H,3-4,7-8H2,1-2H3,(H,29,30). The van der Waals surface area contributed by atoms with Gasteiger partial charge in [-0.25, -0.2) is 17.4 Å². The first-order valence-electron chi connectivity index (χ1n) is 11.2. The van der Waals surface area contributed by atoms with Crippen molar-refractivity contribution in [2.24, 2.45) is 5.92 Å². The Labute approximate surface area is 192 Å². The maximum atomic E-state index is 13.8. The van der Waals surface area contributed by atoms with Crippen LogP contribution < -0.4 is 0 Å². The van der Waals surface area contributed by atoms with Crippen LogP contribution in [0.25, 0.3) is 21.9 Å². The zero-order valence-corrected chi connectivity index (χ0v) is 19.5. The van der Waals surface area contributed by atoms with Crippen LogP contribution in [0, 0.1) is 19.8 Å². The van der Waals surface area contributed by atoms with Crippen molar-refractivity contribution in [2.75, 3.05) is 0 Å². The molecule has 0 saturated heterocycles. The molecule has 170 valence electrons. The number of aromatic nitrogens is 2. The molecule has 0 aliphatic heterocycles. The lowest BCUT2D eigenvalue weighted by Crippen LogP contribution is -2.20. The lowest BCUT2D eigenvalue weighted by atomic mass is 9.85. The first kappa shape index (κ1) is 21.6. The fourth-order valence-corrected chi connectivity index (χ4v) is 6.84. The van der Waals surface area contributed by atoms with E-state index in [1.165, 1.54) is 16.1 Å². The van der Waals surface area contributed by atoms with Crippen LogP contribution in [0.1, 0.15) is 48.4 Å². The van der Waals surface area contributed by atoms with Crippen LogP contribution >= 0.6 is 0 Å². The van der Waals surface area contributed by atoms with Gasteiger partial charge in [-0.15, -0.1) is 0 Å². The average Bonchev–Trinajstić information content (AvgIpc) is 3.40. The lowest BCUT2D eigenvalue weighted by Gasteiger charge is -2.20. The SMILES string of the molecule is Cc1cc(C)c2c3ccccc3n(S(=O)(=O)c3ccc(C(C(=O)O)C4CCCC4)cc3)c2n1. The summed E-state index contributed by atoms with van der Waals surface area (Å²) in [5, 5.41) is 11.5. The molecule has 33 heavy (non-hydrogen) atoms. The third-order valence-electron chi connectivity index (χ3n) is 6.82. The maximum absolute atomic E-state index is 13.8. The second-order valence-corrected chi connectivity index (χ2v) is 10.8. The van der Waals surface area contributed by atoms with Gasteiger partial charge >= 0.3 is 5.97 Å². The highest BCUT2D eigenvalue weighted by atomic mass is 32.2. The smallest absolute Gasteiger partial charge is 0.311 e. The fraction of sp³-hybridized carbons (Fsp3) is 0.308. The predicted octanol–water partition coefficient (Wildman–Crippen LogP) is 5.40. The van der Waals surface area contributed by atoms with Crippen LogP contribution in [0.4, 0.5) is 0 Å². The van der Waals surface area contributed by atoms with Crippen LogP contribution in [0.2, 0.25) is 0 Å². The van der Waals surface area contributed by atoms with Gasteiger partial charge in [0.2, 0.25) is 0 Å². The average molecular weight is 463 g/mol. The fourth-order valence-electron chi connectivity index (χ4n) is 5.38. The topological polar surface area (TPSA) is 89.3 Å². The van der Waals surface area contributed by atoms with Gasteiger partial charge in [0.1, 0.15) is 0 Å². The van der Waals surface area contributed by atoms with Gasteiger partial charge in [0, 0.05) is 16.5 Å². The molecule has 0 radical (unpaired) electrons. The Morgan fingerprint density at radius 2 is 1.73 bits per heavy atom. The number of pyridine rings is 1. The zero-order valence-electron chi connectivity index (χ0n) is 18.7. The first-order valence-corrected chi connectivity index (χ1v) is 12.7. The van der Waals surface area contributed by atoms with Gasteiger partial charge in [0.05, 0.1) is 16.3 Å². The molecule has 1 atom stereocenters. The Morgan fingerprint density at radius 1 is 1.06 bits per heavy atom. The van der Waals surface area contributed by atoms with Crippen molar-refractivity contribution in [1.82, 2.24) is 8.96 Å². The van der Waals surface area contributed by atoms with E-state index in [1.807, 2.05) is 38.1 Å². The molecule has 7 heteroatoms. The molecule has 5 rings (SSSR count). The Morgan fingerprint density at radius 3 is 2.39 bits per heavy atom. The summed E-state index contributed by atoms with van der Waals surface area (Å²) in [6.45, 7) is 3.81. The Bertz CT molecular complexity index is 1480. The number of aliphatic carboxylic acids is 1. The van der Waals surface area contributed by atoms with Crippen molar-refractivity contribution in [3.05, 3.63) is 71.4 Å². The van der Waals surface area contributed by atoms with Crippen LogP contribution in [0.15, 0.2) is 59.5 Å². The van der Waals surface area contributed by atoms with E-state index in [9.17, 15) is 18.3 Å². The molecule has 1 fully saturated rings. The molecule has 0 amide bonds. The van der Waals surface area contributed by atoms with Crippen molar-refractivity contribution in [1.29, 1.82) is 0 Å². The van der Waals surface area contributed by atoms with Gasteiger partial charge in [0.15, 0.2) is 5.65 Å². The summed E-state index contributed by atoms with van der Waals surface area (Å²) < 4.78 is 29.0. The molecule has 0 spiro atoms. The Balaban J connectivity index is 1.65. The minimum absolute atomic E-state index is 0.0949. The normalized spacial score (nSPS) is 15.9. The van der Waals surface area contributed by atoms with Gasteiger partial charge in [0.25, 0.3) is 10.0 Å². The van der Waals surface area contributed by atoms with E-state index in [4.69, 9.17) is 0 Å². The van der Waals surface area contributed by atoms with Crippen LogP contribution in [0.3, 0.4) is 0 Å². The van der Waals surface area contributed by atoms with Gasteiger partial charge in [-0.05, 0) is 68.0 Å². The number of hydrogen-bond donors (Lipinski definition) is 1. The Kier molecular flexibility index (Phi) is 5.24. The number of fused-ring (bicyclic) bond motifs is 3. The number of benzene rings is 2. The number of para-hydroxylation sites is 1. The minimum Gasteiger partial charge on any atom is -0.481 e. The van der Waals surface area contributed by atoms with E-state index in [1.54, 1.807) is 18.2 Å². The van der Waals surface area contributed by atoms with Gasteiger partial charge < -0.3 is 5.11 Å². The van der Waals surface area contributed by atoms with Crippen molar-refractivity contribution < 1.29 is 18.3 Å². The largest absolute Gasteiger partial charge is 0.481 e. The van der Waals surface area contributed by atoms with Crippen molar-refractivity contribution >= 4 is 37.9 Å². The molecule has 1 aliphatic carbocycles. The minimum atomic E-state index is -3.96. The number of aryl methyl sites for hydroxylation is 2. The quantitative estimate of drug-likeness (QED) is 0.429. The molecule has 2 aromatic carbocycles. The van der Waals surface area contributed by atoms with E-state index in [0.29, 0.717) is 16.7 Å². The molecular formula is C26H26N2O4S. The highest BCUT2D eigenvalue weighted by Gasteiger charge is 2.32.